The lowest BCUT2D eigenvalue weighted by Gasteiger charge is -2.07. The van der Waals surface area contributed by atoms with Crippen LogP contribution < -0.4 is 5.32 Å². The van der Waals surface area contributed by atoms with E-state index in [1.165, 1.54) is 12.1 Å². The van der Waals surface area contributed by atoms with Crippen LogP contribution in [0.4, 0.5) is 10.1 Å². The molecule has 1 aromatic heterocycles. The molecule has 0 aliphatic heterocycles. The van der Waals surface area contributed by atoms with E-state index in [0.717, 1.165) is 29.8 Å². The average Bonchev–Trinajstić information content (AvgIpc) is 2.83. The Morgan fingerprint density at radius 3 is 2.83 bits per heavy atom. The zero-order valence-corrected chi connectivity index (χ0v) is 13.8. The molecule has 24 heavy (non-hydrogen) atoms. The van der Waals surface area contributed by atoms with Gasteiger partial charge in [-0.3, -0.25) is 4.79 Å². The van der Waals surface area contributed by atoms with Gasteiger partial charge in [-0.15, -0.1) is 0 Å². The minimum Gasteiger partial charge on any atom is -0.328 e. The van der Waals surface area contributed by atoms with Crippen molar-refractivity contribution in [2.24, 2.45) is 0 Å². The summed E-state index contributed by atoms with van der Waals surface area (Å²) in [5, 5.41) is 2.85. The summed E-state index contributed by atoms with van der Waals surface area (Å²) in [4.78, 5) is 16.7. The van der Waals surface area contributed by atoms with Crippen molar-refractivity contribution in [1.82, 2.24) is 9.55 Å². The maximum Gasteiger partial charge on any atom is 0.228 e. The van der Waals surface area contributed by atoms with Gasteiger partial charge < -0.3 is 9.88 Å². The second kappa shape index (κ2) is 6.83. The number of aromatic nitrogens is 2. The third-order valence-corrected chi connectivity index (χ3v) is 3.92. The van der Waals surface area contributed by atoms with E-state index in [2.05, 4.69) is 21.8 Å². The summed E-state index contributed by atoms with van der Waals surface area (Å²) in [6.07, 6.45) is 1.18. The molecule has 1 heterocycles. The molecule has 0 bridgehead atoms. The molecular weight excluding hydrogens is 305 g/mol. The second-order valence-electron chi connectivity index (χ2n) is 5.87. The lowest BCUT2D eigenvalue weighted by atomic mass is 10.1. The number of benzene rings is 2. The minimum atomic E-state index is -0.335. The number of nitrogens with zero attached hydrogens (tertiary/aromatic N) is 2. The molecule has 4 nitrogen and oxygen atoms in total. The first-order chi connectivity index (χ1) is 11.6. The fourth-order valence-corrected chi connectivity index (χ4v) is 2.87. The monoisotopic (exact) mass is 325 g/mol. The summed E-state index contributed by atoms with van der Waals surface area (Å²) >= 11 is 0. The lowest BCUT2D eigenvalue weighted by molar-refractivity contribution is -0.115. The number of hydrogen-bond acceptors (Lipinski definition) is 2. The van der Waals surface area contributed by atoms with Crippen molar-refractivity contribution >= 4 is 22.6 Å². The highest BCUT2D eigenvalue weighted by molar-refractivity contribution is 5.94. The first-order valence-electron chi connectivity index (χ1n) is 8.08. The van der Waals surface area contributed by atoms with E-state index in [0.29, 0.717) is 11.3 Å². The summed E-state index contributed by atoms with van der Waals surface area (Å²) < 4.78 is 15.4. The van der Waals surface area contributed by atoms with Gasteiger partial charge in [-0.05, 0) is 49.2 Å². The molecule has 2 aromatic carbocycles. The van der Waals surface area contributed by atoms with Gasteiger partial charge in [0.1, 0.15) is 11.6 Å². The lowest BCUT2D eigenvalue weighted by Crippen LogP contribution is -2.14. The van der Waals surface area contributed by atoms with Gasteiger partial charge in [0.15, 0.2) is 0 Å². The highest BCUT2D eigenvalue weighted by atomic mass is 19.1. The molecule has 0 fully saturated rings. The molecule has 3 rings (SSSR count). The number of fused-ring (bicyclic) bond motifs is 1. The highest BCUT2D eigenvalue weighted by Crippen LogP contribution is 2.21. The molecule has 0 saturated heterocycles. The van der Waals surface area contributed by atoms with Gasteiger partial charge in [-0.25, -0.2) is 9.37 Å². The van der Waals surface area contributed by atoms with Crippen LogP contribution in [-0.2, 0) is 17.8 Å². The number of carbonyl (C=O) groups excluding carboxylic acids is 1. The molecule has 124 valence electrons. The van der Waals surface area contributed by atoms with Crippen molar-refractivity contribution < 1.29 is 9.18 Å². The van der Waals surface area contributed by atoms with Crippen LogP contribution in [0.3, 0.4) is 0 Å². The molecule has 0 radical (unpaired) electrons. The topological polar surface area (TPSA) is 46.9 Å². The highest BCUT2D eigenvalue weighted by Gasteiger charge is 2.09. The maximum atomic E-state index is 13.2. The SMILES string of the molecule is CCCn1c(C)nc2cc(NC(=O)Cc3cccc(F)c3)ccc21. The largest absolute Gasteiger partial charge is 0.328 e. The number of carbonyl (C=O) groups is 1. The maximum absolute atomic E-state index is 13.2. The minimum absolute atomic E-state index is 0.138. The molecule has 0 unspecified atom stereocenters. The number of rotatable bonds is 5. The van der Waals surface area contributed by atoms with Crippen molar-refractivity contribution in [3.63, 3.8) is 0 Å². The fourth-order valence-electron chi connectivity index (χ4n) is 2.87. The Labute approximate surface area is 140 Å². The van der Waals surface area contributed by atoms with E-state index < -0.39 is 0 Å². The van der Waals surface area contributed by atoms with Crippen LogP contribution in [0.1, 0.15) is 24.7 Å². The number of aryl methyl sites for hydroxylation is 2. The Kier molecular flexibility index (Phi) is 4.60. The zero-order chi connectivity index (χ0) is 17.1. The molecule has 0 saturated carbocycles. The predicted octanol–water partition coefficient (Wildman–Crippen LogP) is 4.08. The van der Waals surface area contributed by atoms with Gasteiger partial charge in [-0.1, -0.05) is 19.1 Å². The Bertz CT molecular complexity index is 885. The summed E-state index contributed by atoms with van der Waals surface area (Å²) in [6.45, 7) is 5.04. The van der Waals surface area contributed by atoms with Crippen LogP contribution in [0.15, 0.2) is 42.5 Å². The van der Waals surface area contributed by atoms with Crippen molar-refractivity contribution in [2.75, 3.05) is 5.32 Å². The second-order valence-corrected chi connectivity index (χ2v) is 5.87. The van der Waals surface area contributed by atoms with E-state index in [1.54, 1.807) is 12.1 Å². The quantitative estimate of drug-likeness (QED) is 0.768. The van der Waals surface area contributed by atoms with E-state index >= 15 is 0 Å². The van der Waals surface area contributed by atoms with E-state index in [1.807, 2.05) is 25.1 Å². The number of halogens is 1. The van der Waals surface area contributed by atoms with Gasteiger partial charge in [0, 0.05) is 12.2 Å². The van der Waals surface area contributed by atoms with Crippen LogP contribution >= 0.6 is 0 Å². The van der Waals surface area contributed by atoms with Gasteiger partial charge in [-0.2, -0.15) is 0 Å². The van der Waals surface area contributed by atoms with Crippen LogP contribution in [0, 0.1) is 12.7 Å². The molecule has 0 aliphatic carbocycles. The summed E-state index contributed by atoms with van der Waals surface area (Å²) in [5.41, 5.74) is 3.28. The Hall–Kier alpha value is -2.69. The number of nitrogens with one attached hydrogen (secondary N) is 1. The molecule has 1 N–H and O–H groups in total. The normalized spacial score (nSPS) is 11.0. The van der Waals surface area contributed by atoms with Crippen LogP contribution in [0.5, 0.6) is 0 Å². The number of hydrogen-bond donors (Lipinski definition) is 1. The van der Waals surface area contributed by atoms with E-state index in [-0.39, 0.29) is 18.1 Å². The molecule has 0 aliphatic rings. The van der Waals surface area contributed by atoms with Crippen molar-refractivity contribution in [1.29, 1.82) is 0 Å². The predicted molar refractivity (Wildman–Crippen MR) is 93.5 cm³/mol. The number of amides is 1. The first-order valence-corrected chi connectivity index (χ1v) is 8.08. The molecule has 0 spiro atoms. The Morgan fingerprint density at radius 1 is 1.25 bits per heavy atom. The third-order valence-electron chi connectivity index (χ3n) is 3.92. The molecular formula is C19H20FN3O. The molecule has 0 atom stereocenters. The smallest absolute Gasteiger partial charge is 0.228 e. The van der Waals surface area contributed by atoms with E-state index in [9.17, 15) is 9.18 Å². The third kappa shape index (κ3) is 3.45. The average molecular weight is 325 g/mol. The van der Waals surface area contributed by atoms with Gasteiger partial charge in [0.2, 0.25) is 5.91 Å². The molecule has 3 aromatic rings. The fraction of sp³-hybridized carbons (Fsp3) is 0.263. The summed E-state index contributed by atoms with van der Waals surface area (Å²) in [6, 6.07) is 11.8. The molecule has 1 amide bonds. The van der Waals surface area contributed by atoms with Gasteiger partial charge in [0.05, 0.1) is 17.5 Å². The summed E-state index contributed by atoms with van der Waals surface area (Å²) in [7, 11) is 0. The number of imidazole rings is 1. The van der Waals surface area contributed by atoms with Crippen molar-refractivity contribution in [3.05, 3.63) is 59.7 Å². The summed E-state index contributed by atoms with van der Waals surface area (Å²) in [5.74, 6) is 0.457. The van der Waals surface area contributed by atoms with Crippen LogP contribution in [0.25, 0.3) is 11.0 Å². The van der Waals surface area contributed by atoms with E-state index in [4.69, 9.17) is 0 Å². The van der Waals surface area contributed by atoms with Crippen molar-refractivity contribution in [3.8, 4) is 0 Å². The molecule has 5 heteroatoms. The number of anilines is 1. The van der Waals surface area contributed by atoms with Crippen molar-refractivity contribution in [2.45, 2.75) is 33.2 Å². The van der Waals surface area contributed by atoms with Crippen LogP contribution in [-0.4, -0.2) is 15.5 Å². The first kappa shape index (κ1) is 16.2. The van der Waals surface area contributed by atoms with Crippen LogP contribution in [0.2, 0.25) is 0 Å². The standard InChI is InChI=1S/C19H20FN3O/c1-3-9-23-13(2)21-17-12-16(7-8-18(17)23)22-19(24)11-14-5-4-6-15(20)10-14/h4-8,10,12H,3,9,11H2,1-2H3,(H,22,24). The Morgan fingerprint density at radius 2 is 2.08 bits per heavy atom. The zero-order valence-electron chi connectivity index (χ0n) is 13.8. The van der Waals surface area contributed by atoms with Gasteiger partial charge in [0.25, 0.3) is 0 Å². The Balaban J connectivity index is 1.76. The van der Waals surface area contributed by atoms with Gasteiger partial charge >= 0.3 is 0 Å².